The second kappa shape index (κ2) is 5.68. The summed E-state index contributed by atoms with van der Waals surface area (Å²) in [7, 11) is 0. The summed E-state index contributed by atoms with van der Waals surface area (Å²) >= 11 is 0. The van der Waals surface area contributed by atoms with E-state index in [1.165, 1.54) is 24.8 Å². The summed E-state index contributed by atoms with van der Waals surface area (Å²) in [6.07, 6.45) is 8.42. The zero-order valence-electron chi connectivity index (χ0n) is 14.9. The van der Waals surface area contributed by atoms with Crippen molar-refractivity contribution in [2.45, 2.75) is 49.5 Å². The van der Waals surface area contributed by atoms with Crippen LogP contribution in [0.2, 0.25) is 0 Å². The summed E-state index contributed by atoms with van der Waals surface area (Å²) in [6.45, 7) is 0. The van der Waals surface area contributed by atoms with E-state index in [4.69, 9.17) is 0 Å². The molecule has 0 saturated heterocycles. The largest absolute Gasteiger partial charge is 0.507 e. The van der Waals surface area contributed by atoms with E-state index in [0.717, 1.165) is 30.5 Å². The van der Waals surface area contributed by atoms with E-state index < -0.39 is 5.60 Å². The van der Waals surface area contributed by atoms with Crippen molar-refractivity contribution in [3.05, 3.63) is 59.7 Å². The van der Waals surface area contributed by atoms with E-state index in [1.54, 1.807) is 18.3 Å². The number of phenolic OH excluding ortho intramolecular Hbond substituents is 1. The predicted molar refractivity (Wildman–Crippen MR) is 103 cm³/mol. The molecule has 4 aliphatic rings. The lowest BCUT2D eigenvalue weighted by Gasteiger charge is -2.60. The van der Waals surface area contributed by atoms with E-state index in [0.29, 0.717) is 11.8 Å². The predicted octanol–water partition coefficient (Wildman–Crippen LogP) is 4.73. The van der Waals surface area contributed by atoms with Crippen LogP contribution < -0.4 is 0 Å². The Morgan fingerprint density at radius 3 is 2.27 bits per heavy atom. The SMILES string of the molecule is Oc1ccccc1C=Nc1ccc(C23C[C@@H]4C[C@@H](CC(O)(C4)C2)C3)cc1. The number of hydrogen-bond acceptors (Lipinski definition) is 3. The summed E-state index contributed by atoms with van der Waals surface area (Å²) in [6, 6.07) is 15.7. The number of phenols is 1. The van der Waals surface area contributed by atoms with Crippen molar-refractivity contribution in [1.29, 1.82) is 0 Å². The minimum atomic E-state index is -0.425. The fourth-order valence-corrected chi connectivity index (χ4v) is 6.19. The lowest BCUT2D eigenvalue weighted by Crippen LogP contribution is -2.57. The van der Waals surface area contributed by atoms with E-state index in [2.05, 4.69) is 29.3 Å². The molecular formula is C23H25NO2. The zero-order chi connectivity index (χ0) is 17.8. The maximum absolute atomic E-state index is 11.0. The fraction of sp³-hybridized carbons (Fsp3) is 0.435. The van der Waals surface area contributed by atoms with Crippen LogP contribution in [-0.2, 0) is 5.41 Å². The van der Waals surface area contributed by atoms with Crippen molar-refractivity contribution in [2.24, 2.45) is 16.8 Å². The number of rotatable bonds is 3. The second-order valence-corrected chi connectivity index (χ2v) is 8.83. The molecule has 2 N–H and O–H groups in total. The van der Waals surface area contributed by atoms with Gasteiger partial charge in [0.05, 0.1) is 11.3 Å². The van der Waals surface area contributed by atoms with Gasteiger partial charge in [0, 0.05) is 11.8 Å². The highest BCUT2D eigenvalue weighted by atomic mass is 16.3. The molecule has 3 nitrogen and oxygen atoms in total. The number of benzene rings is 2. The third-order valence-corrected chi connectivity index (χ3v) is 6.80. The minimum Gasteiger partial charge on any atom is -0.507 e. The van der Waals surface area contributed by atoms with Gasteiger partial charge in [-0.2, -0.15) is 0 Å². The molecule has 4 aliphatic carbocycles. The topological polar surface area (TPSA) is 52.8 Å². The average Bonchev–Trinajstić information content (AvgIpc) is 2.59. The van der Waals surface area contributed by atoms with Crippen molar-refractivity contribution < 1.29 is 10.2 Å². The minimum absolute atomic E-state index is 0.165. The van der Waals surface area contributed by atoms with Gasteiger partial charge in [0.1, 0.15) is 5.75 Å². The molecule has 0 aliphatic heterocycles. The van der Waals surface area contributed by atoms with Gasteiger partial charge in [0.2, 0.25) is 0 Å². The quantitative estimate of drug-likeness (QED) is 0.789. The molecule has 4 bridgehead atoms. The molecule has 0 spiro atoms. The normalized spacial score (nSPS) is 35.3. The summed E-state index contributed by atoms with van der Waals surface area (Å²) in [5.41, 5.74) is 2.72. The van der Waals surface area contributed by atoms with Gasteiger partial charge in [-0.15, -0.1) is 0 Å². The summed E-state index contributed by atoms with van der Waals surface area (Å²) in [5.74, 6) is 1.63. The number of aliphatic imine (C=N–C) groups is 1. The molecule has 134 valence electrons. The molecule has 2 unspecified atom stereocenters. The van der Waals surface area contributed by atoms with Crippen LogP contribution in [0.5, 0.6) is 5.75 Å². The molecule has 26 heavy (non-hydrogen) atoms. The third-order valence-electron chi connectivity index (χ3n) is 6.80. The molecule has 4 saturated carbocycles. The molecule has 0 aromatic heterocycles. The lowest BCUT2D eigenvalue weighted by atomic mass is 9.46. The van der Waals surface area contributed by atoms with Gasteiger partial charge in [-0.3, -0.25) is 4.99 Å². The lowest BCUT2D eigenvalue weighted by molar-refractivity contribution is -0.136. The maximum Gasteiger partial charge on any atom is 0.124 e. The van der Waals surface area contributed by atoms with Crippen LogP contribution in [-0.4, -0.2) is 22.0 Å². The monoisotopic (exact) mass is 347 g/mol. The molecule has 0 heterocycles. The van der Waals surface area contributed by atoms with Gasteiger partial charge in [-0.25, -0.2) is 0 Å². The van der Waals surface area contributed by atoms with E-state index in [9.17, 15) is 10.2 Å². The molecule has 0 amide bonds. The van der Waals surface area contributed by atoms with Crippen LogP contribution >= 0.6 is 0 Å². The first kappa shape index (κ1) is 16.1. The molecule has 4 atom stereocenters. The van der Waals surface area contributed by atoms with Crippen LogP contribution in [0.4, 0.5) is 5.69 Å². The van der Waals surface area contributed by atoms with Crippen LogP contribution in [0.15, 0.2) is 53.5 Å². The number of hydrogen-bond donors (Lipinski definition) is 2. The number of aliphatic hydroxyl groups is 1. The summed E-state index contributed by atoms with van der Waals surface area (Å²) in [4.78, 5) is 4.50. The number of para-hydroxylation sites is 1. The Morgan fingerprint density at radius 1 is 0.923 bits per heavy atom. The van der Waals surface area contributed by atoms with Crippen molar-refractivity contribution in [2.75, 3.05) is 0 Å². The van der Waals surface area contributed by atoms with Crippen LogP contribution in [0, 0.1) is 11.8 Å². The highest BCUT2D eigenvalue weighted by Crippen LogP contribution is 2.62. The highest BCUT2D eigenvalue weighted by Gasteiger charge is 2.57. The molecule has 4 fully saturated rings. The standard InChI is InChI=1S/C23H25NO2/c25-21-4-2-1-3-18(21)14-24-20-7-5-19(6-8-20)22-10-16-9-17(11-22)13-23(26,12-16)15-22/h1-8,14,16-17,25-26H,9-13,15H2/t16-,17+,22?,23?. The number of nitrogens with zero attached hydrogens (tertiary/aromatic N) is 1. The first-order chi connectivity index (χ1) is 12.5. The van der Waals surface area contributed by atoms with E-state index in [1.807, 2.05) is 12.1 Å². The van der Waals surface area contributed by atoms with Crippen LogP contribution in [0.1, 0.15) is 49.7 Å². The average molecular weight is 347 g/mol. The highest BCUT2D eigenvalue weighted by molar-refractivity contribution is 5.85. The van der Waals surface area contributed by atoms with E-state index in [-0.39, 0.29) is 11.2 Å². The maximum atomic E-state index is 11.0. The first-order valence-corrected chi connectivity index (χ1v) is 9.69. The van der Waals surface area contributed by atoms with Crippen molar-refractivity contribution >= 4 is 11.9 Å². The Labute approximate surface area is 154 Å². The molecule has 2 aromatic carbocycles. The van der Waals surface area contributed by atoms with Gasteiger partial charge in [0.15, 0.2) is 0 Å². The Morgan fingerprint density at radius 2 is 1.62 bits per heavy atom. The van der Waals surface area contributed by atoms with Crippen LogP contribution in [0.3, 0.4) is 0 Å². The Kier molecular flexibility index (Phi) is 3.51. The second-order valence-electron chi connectivity index (χ2n) is 8.83. The van der Waals surface area contributed by atoms with Gasteiger partial charge in [-0.05, 0) is 85.6 Å². The summed E-state index contributed by atoms with van der Waals surface area (Å²) < 4.78 is 0. The smallest absolute Gasteiger partial charge is 0.124 e. The van der Waals surface area contributed by atoms with Gasteiger partial charge < -0.3 is 10.2 Å². The van der Waals surface area contributed by atoms with E-state index >= 15 is 0 Å². The molecule has 2 aromatic rings. The summed E-state index contributed by atoms with van der Waals surface area (Å²) in [5, 5.41) is 20.8. The molecular weight excluding hydrogens is 322 g/mol. The van der Waals surface area contributed by atoms with Crippen molar-refractivity contribution in [1.82, 2.24) is 0 Å². The third kappa shape index (κ3) is 2.66. The fourth-order valence-electron chi connectivity index (χ4n) is 6.19. The van der Waals surface area contributed by atoms with Gasteiger partial charge >= 0.3 is 0 Å². The zero-order valence-corrected chi connectivity index (χ0v) is 14.9. The van der Waals surface area contributed by atoms with Crippen LogP contribution in [0.25, 0.3) is 0 Å². The molecule has 3 heteroatoms. The Hall–Kier alpha value is -2.13. The molecule has 0 radical (unpaired) electrons. The Balaban J connectivity index is 1.40. The Bertz CT molecular complexity index is 841. The number of aromatic hydroxyl groups is 1. The first-order valence-electron chi connectivity index (χ1n) is 9.69. The van der Waals surface area contributed by atoms with Gasteiger partial charge in [-0.1, -0.05) is 24.3 Å². The molecule has 6 rings (SSSR count). The van der Waals surface area contributed by atoms with Gasteiger partial charge in [0.25, 0.3) is 0 Å². The van der Waals surface area contributed by atoms with Crippen molar-refractivity contribution in [3.63, 3.8) is 0 Å². The van der Waals surface area contributed by atoms with Crippen molar-refractivity contribution in [3.8, 4) is 5.75 Å².